The lowest BCUT2D eigenvalue weighted by molar-refractivity contribution is -0.116. The Morgan fingerprint density at radius 2 is 1.96 bits per heavy atom. The first-order valence-electron chi connectivity index (χ1n) is 7.37. The van der Waals surface area contributed by atoms with E-state index in [2.05, 4.69) is 10.0 Å². The van der Waals surface area contributed by atoms with E-state index in [4.69, 9.17) is 4.42 Å². The third kappa shape index (κ3) is 4.46. The molecule has 0 fully saturated rings. The monoisotopic (exact) mass is 365 g/mol. The second-order valence-corrected chi connectivity index (χ2v) is 7.23. The van der Waals surface area contributed by atoms with Crippen LogP contribution in [0.25, 0.3) is 0 Å². The Balaban J connectivity index is 2.08. The van der Waals surface area contributed by atoms with Gasteiger partial charge in [-0.15, -0.1) is 0 Å². The number of sulfonamides is 1. The van der Waals surface area contributed by atoms with Crippen LogP contribution >= 0.6 is 0 Å². The van der Waals surface area contributed by atoms with Crippen molar-refractivity contribution in [1.82, 2.24) is 9.62 Å². The third-order valence-corrected chi connectivity index (χ3v) is 5.05. The molecule has 0 atom stereocenters. The quantitative estimate of drug-likeness (QED) is 0.800. The third-order valence-electron chi connectivity index (χ3n) is 3.49. The number of likely N-dealkylation sites (N-methyl/N-ethyl adjacent to an activating group) is 1. The number of amides is 2. The molecule has 1 aromatic carbocycles. The zero-order valence-electron chi connectivity index (χ0n) is 14.1. The predicted octanol–water partition coefficient (Wildman–Crippen LogP) is 1.21. The highest BCUT2D eigenvalue weighted by Crippen LogP contribution is 2.20. The van der Waals surface area contributed by atoms with Crippen molar-refractivity contribution >= 4 is 27.5 Å². The number of furan rings is 1. The van der Waals surface area contributed by atoms with Crippen molar-refractivity contribution in [2.45, 2.75) is 11.8 Å². The van der Waals surface area contributed by atoms with Crippen molar-refractivity contribution in [3.63, 3.8) is 0 Å². The summed E-state index contributed by atoms with van der Waals surface area (Å²) >= 11 is 0. The molecule has 25 heavy (non-hydrogen) atoms. The lowest BCUT2D eigenvalue weighted by Crippen LogP contribution is -2.34. The number of benzene rings is 1. The minimum atomic E-state index is -3.63. The number of carbonyl (C=O) groups excluding carboxylic acids is 2. The fourth-order valence-electron chi connectivity index (χ4n) is 2.15. The summed E-state index contributed by atoms with van der Waals surface area (Å²) in [7, 11) is -0.848. The largest absolute Gasteiger partial charge is 0.459 e. The van der Waals surface area contributed by atoms with Crippen molar-refractivity contribution in [1.29, 1.82) is 0 Å². The minimum absolute atomic E-state index is 0.0767. The second kappa shape index (κ2) is 7.49. The molecule has 8 nitrogen and oxygen atoms in total. The van der Waals surface area contributed by atoms with Crippen LogP contribution in [-0.2, 0) is 14.8 Å². The van der Waals surface area contributed by atoms with Crippen LogP contribution in [0.4, 0.5) is 5.69 Å². The number of anilines is 1. The molecule has 2 aromatic rings. The van der Waals surface area contributed by atoms with Gasteiger partial charge in [0.05, 0.1) is 17.7 Å². The van der Waals surface area contributed by atoms with Gasteiger partial charge in [-0.25, -0.2) is 13.1 Å². The first kappa shape index (κ1) is 18.7. The second-order valence-electron chi connectivity index (χ2n) is 5.37. The van der Waals surface area contributed by atoms with Gasteiger partial charge in [-0.05, 0) is 43.8 Å². The molecule has 0 saturated carbocycles. The first-order chi connectivity index (χ1) is 11.7. The summed E-state index contributed by atoms with van der Waals surface area (Å²) in [5, 5.41) is 2.58. The maximum Gasteiger partial charge on any atom is 0.289 e. The van der Waals surface area contributed by atoms with E-state index in [-0.39, 0.29) is 17.2 Å². The van der Waals surface area contributed by atoms with E-state index in [9.17, 15) is 18.0 Å². The van der Waals surface area contributed by atoms with Gasteiger partial charge < -0.3 is 14.6 Å². The van der Waals surface area contributed by atoms with Gasteiger partial charge in [0, 0.05) is 12.7 Å². The molecule has 0 aliphatic rings. The van der Waals surface area contributed by atoms with E-state index in [1.807, 2.05) is 0 Å². The summed E-state index contributed by atoms with van der Waals surface area (Å²) in [6.07, 6.45) is 1.37. The molecule has 0 aliphatic carbocycles. The molecule has 2 amide bonds. The van der Waals surface area contributed by atoms with Crippen LogP contribution < -0.4 is 10.0 Å². The van der Waals surface area contributed by atoms with Crippen molar-refractivity contribution in [3.8, 4) is 0 Å². The van der Waals surface area contributed by atoms with Crippen molar-refractivity contribution in [3.05, 3.63) is 47.9 Å². The maximum atomic E-state index is 12.1. The molecule has 0 aliphatic heterocycles. The van der Waals surface area contributed by atoms with Gasteiger partial charge in [0.25, 0.3) is 5.91 Å². The molecular formula is C16H19N3O5S. The zero-order chi connectivity index (χ0) is 18.6. The maximum absolute atomic E-state index is 12.1. The summed E-state index contributed by atoms with van der Waals surface area (Å²) in [5.41, 5.74) is 0.876. The number of aryl methyl sites for hydroxylation is 1. The lowest BCUT2D eigenvalue weighted by Gasteiger charge is -2.16. The number of nitrogens with zero attached hydrogens (tertiary/aromatic N) is 1. The standard InChI is InChI=1S/C16H19N3O5S/c1-11-6-7-12(9-14(11)25(22,23)17-2)18-15(20)10-19(3)16(21)13-5-4-8-24-13/h4-9,17H,10H2,1-3H3,(H,18,20). The van der Waals surface area contributed by atoms with Gasteiger partial charge in [-0.2, -0.15) is 0 Å². The van der Waals surface area contributed by atoms with Gasteiger partial charge in [0.15, 0.2) is 5.76 Å². The predicted molar refractivity (Wildman–Crippen MR) is 91.7 cm³/mol. The fourth-order valence-corrected chi connectivity index (χ4v) is 3.15. The van der Waals surface area contributed by atoms with Crippen LogP contribution in [0.5, 0.6) is 0 Å². The Labute approximate surface area is 145 Å². The summed E-state index contributed by atoms with van der Waals surface area (Å²) in [6.45, 7) is 1.45. The molecule has 1 heterocycles. The number of hydrogen-bond acceptors (Lipinski definition) is 5. The van der Waals surface area contributed by atoms with E-state index >= 15 is 0 Å². The number of rotatable bonds is 6. The summed E-state index contributed by atoms with van der Waals surface area (Å²) < 4.78 is 31.2. The highest BCUT2D eigenvalue weighted by Gasteiger charge is 2.19. The van der Waals surface area contributed by atoms with E-state index in [0.29, 0.717) is 11.3 Å². The van der Waals surface area contributed by atoms with E-state index in [0.717, 1.165) is 0 Å². The molecule has 0 radical (unpaired) electrons. The van der Waals surface area contributed by atoms with Crippen LogP contribution in [0.2, 0.25) is 0 Å². The Morgan fingerprint density at radius 1 is 1.24 bits per heavy atom. The topological polar surface area (TPSA) is 109 Å². The van der Waals surface area contributed by atoms with Gasteiger partial charge in [0.1, 0.15) is 0 Å². The zero-order valence-corrected chi connectivity index (χ0v) is 14.9. The average Bonchev–Trinajstić information content (AvgIpc) is 3.10. The Hall–Kier alpha value is -2.65. The first-order valence-corrected chi connectivity index (χ1v) is 8.86. The van der Waals surface area contributed by atoms with Crippen molar-refractivity contribution in [2.24, 2.45) is 0 Å². The lowest BCUT2D eigenvalue weighted by atomic mass is 10.2. The van der Waals surface area contributed by atoms with Gasteiger partial charge in [0.2, 0.25) is 15.9 Å². The average molecular weight is 365 g/mol. The summed E-state index contributed by atoms with van der Waals surface area (Å²) in [4.78, 5) is 25.4. The number of hydrogen-bond donors (Lipinski definition) is 2. The molecule has 0 bridgehead atoms. The molecule has 134 valence electrons. The minimum Gasteiger partial charge on any atom is -0.459 e. The van der Waals surface area contributed by atoms with Crippen LogP contribution in [-0.4, -0.2) is 45.8 Å². The van der Waals surface area contributed by atoms with E-state index in [1.54, 1.807) is 25.1 Å². The number of nitrogens with one attached hydrogen (secondary N) is 2. The Morgan fingerprint density at radius 3 is 2.56 bits per heavy atom. The molecule has 0 saturated heterocycles. The SMILES string of the molecule is CNS(=O)(=O)c1cc(NC(=O)CN(C)C(=O)c2ccco2)ccc1C. The highest BCUT2D eigenvalue weighted by atomic mass is 32.2. The molecular weight excluding hydrogens is 346 g/mol. The number of carbonyl (C=O) groups is 2. The molecule has 2 N–H and O–H groups in total. The highest BCUT2D eigenvalue weighted by molar-refractivity contribution is 7.89. The van der Waals surface area contributed by atoms with E-state index < -0.39 is 21.8 Å². The van der Waals surface area contributed by atoms with Crippen LogP contribution in [0.15, 0.2) is 45.9 Å². The Bertz CT molecular complexity index is 875. The normalized spacial score (nSPS) is 11.2. The summed E-state index contributed by atoms with van der Waals surface area (Å²) in [5.74, 6) is -0.755. The van der Waals surface area contributed by atoms with Gasteiger partial charge in [-0.1, -0.05) is 6.07 Å². The molecule has 2 rings (SSSR count). The van der Waals surface area contributed by atoms with Gasteiger partial charge >= 0.3 is 0 Å². The molecule has 0 unspecified atom stereocenters. The van der Waals surface area contributed by atoms with E-state index in [1.165, 1.54) is 37.4 Å². The Kier molecular flexibility index (Phi) is 5.60. The molecule has 0 spiro atoms. The van der Waals surface area contributed by atoms with Crippen molar-refractivity contribution in [2.75, 3.05) is 26.0 Å². The van der Waals surface area contributed by atoms with Gasteiger partial charge in [-0.3, -0.25) is 9.59 Å². The van der Waals surface area contributed by atoms with Crippen LogP contribution in [0.1, 0.15) is 16.1 Å². The van der Waals surface area contributed by atoms with Crippen LogP contribution in [0.3, 0.4) is 0 Å². The smallest absolute Gasteiger partial charge is 0.289 e. The van der Waals surface area contributed by atoms with Crippen molar-refractivity contribution < 1.29 is 22.4 Å². The fraction of sp³-hybridized carbons (Fsp3) is 0.250. The molecule has 9 heteroatoms. The summed E-state index contributed by atoms with van der Waals surface area (Å²) in [6, 6.07) is 7.64. The van der Waals surface area contributed by atoms with Crippen LogP contribution in [0, 0.1) is 6.92 Å². The molecule has 1 aromatic heterocycles.